The molecule has 0 spiro atoms. The van der Waals surface area contributed by atoms with Gasteiger partial charge >= 0.3 is 12.6 Å². The summed E-state index contributed by atoms with van der Waals surface area (Å²) >= 11 is 0. The van der Waals surface area contributed by atoms with Gasteiger partial charge in [-0.05, 0) is 29.8 Å². The van der Waals surface area contributed by atoms with E-state index < -0.39 is 30.9 Å². The zero-order valence-electron chi connectivity index (χ0n) is 18.6. The lowest BCUT2D eigenvalue weighted by molar-refractivity contribution is -0.142. The minimum Gasteiger partial charge on any atom is -0.333 e. The average molecular weight is 514 g/mol. The monoisotopic (exact) mass is 514 g/mol. The van der Waals surface area contributed by atoms with Crippen molar-refractivity contribution in [1.29, 1.82) is 0 Å². The van der Waals surface area contributed by atoms with E-state index in [0.717, 1.165) is 4.68 Å². The fourth-order valence-electron chi connectivity index (χ4n) is 3.71. The van der Waals surface area contributed by atoms with Crippen LogP contribution in [0.15, 0.2) is 71.6 Å². The van der Waals surface area contributed by atoms with Crippen molar-refractivity contribution in [2.24, 2.45) is 0 Å². The molecule has 0 radical (unpaired) electrons. The lowest BCUT2D eigenvalue weighted by atomic mass is 10.0. The van der Waals surface area contributed by atoms with Crippen molar-refractivity contribution in [3.8, 4) is 22.5 Å². The van der Waals surface area contributed by atoms with Gasteiger partial charge in [-0.3, -0.25) is 14.5 Å². The number of fused-ring (bicyclic) bond motifs is 1. The van der Waals surface area contributed by atoms with Crippen molar-refractivity contribution in [2.45, 2.75) is 19.1 Å². The number of nitrogens with one attached hydrogen (secondary N) is 1. The van der Waals surface area contributed by atoms with Gasteiger partial charge in [0, 0.05) is 34.5 Å². The topological polar surface area (TPSA) is 98.7 Å². The SMILES string of the molecule is O=C(Nc1cccc2c(-c3cnn(CC(F)(F)F)c3)ccnc12)c1ccc(-c2noc(C(F)F)n2)cc1. The predicted molar refractivity (Wildman–Crippen MR) is 122 cm³/mol. The number of carbonyl (C=O) groups is 1. The maximum atomic E-state index is 12.9. The first-order valence-corrected chi connectivity index (χ1v) is 10.7. The van der Waals surface area contributed by atoms with Crippen molar-refractivity contribution in [3.63, 3.8) is 0 Å². The largest absolute Gasteiger partial charge is 0.408 e. The van der Waals surface area contributed by atoms with Crippen LogP contribution in [0.3, 0.4) is 0 Å². The van der Waals surface area contributed by atoms with Gasteiger partial charge in [0.25, 0.3) is 11.8 Å². The molecule has 0 saturated heterocycles. The normalized spacial score (nSPS) is 11.8. The third-order valence-corrected chi connectivity index (χ3v) is 5.34. The molecule has 0 aliphatic heterocycles. The first-order valence-electron chi connectivity index (χ1n) is 10.7. The van der Waals surface area contributed by atoms with Crippen LogP contribution < -0.4 is 5.32 Å². The van der Waals surface area contributed by atoms with E-state index in [1.807, 2.05) is 0 Å². The van der Waals surface area contributed by atoms with Gasteiger partial charge in [0.1, 0.15) is 6.54 Å². The Bertz CT molecular complexity index is 1580. The van der Waals surface area contributed by atoms with Crippen LogP contribution in [0.4, 0.5) is 27.6 Å². The van der Waals surface area contributed by atoms with E-state index in [9.17, 15) is 26.7 Å². The summed E-state index contributed by atoms with van der Waals surface area (Å²) in [4.78, 5) is 20.8. The van der Waals surface area contributed by atoms with Crippen LogP contribution in [-0.2, 0) is 6.54 Å². The molecule has 1 amide bonds. The summed E-state index contributed by atoms with van der Waals surface area (Å²) in [6.07, 6.45) is -3.18. The maximum absolute atomic E-state index is 12.9. The first-order chi connectivity index (χ1) is 17.7. The zero-order chi connectivity index (χ0) is 26.2. The van der Waals surface area contributed by atoms with E-state index >= 15 is 0 Å². The number of alkyl halides is 5. The Morgan fingerprint density at radius 3 is 2.54 bits per heavy atom. The molecule has 8 nitrogen and oxygen atoms in total. The molecule has 2 aromatic carbocycles. The molecule has 1 N–H and O–H groups in total. The second-order valence-corrected chi connectivity index (χ2v) is 7.89. The molecule has 0 fully saturated rings. The summed E-state index contributed by atoms with van der Waals surface area (Å²) in [5.41, 5.74) is 2.53. The molecule has 5 rings (SSSR count). The van der Waals surface area contributed by atoms with Crippen molar-refractivity contribution < 1.29 is 31.3 Å². The number of hydrogen-bond donors (Lipinski definition) is 1. The van der Waals surface area contributed by atoms with E-state index in [0.29, 0.717) is 33.3 Å². The van der Waals surface area contributed by atoms with Crippen molar-refractivity contribution >= 4 is 22.5 Å². The Morgan fingerprint density at radius 2 is 1.84 bits per heavy atom. The van der Waals surface area contributed by atoms with E-state index in [-0.39, 0.29) is 11.4 Å². The van der Waals surface area contributed by atoms with Crippen LogP contribution >= 0.6 is 0 Å². The van der Waals surface area contributed by atoms with Crippen LogP contribution in [0.2, 0.25) is 0 Å². The number of pyridine rings is 1. The fraction of sp³-hybridized carbons (Fsp3) is 0.125. The Balaban J connectivity index is 1.39. The van der Waals surface area contributed by atoms with Crippen LogP contribution in [0, 0.1) is 0 Å². The zero-order valence-corrected chi connectivity index (χ0v) is 18.6. The molecule has 188 valence electrons. The van der Waals surface area contributed by atoms with Crippen LogP contribution in [0.25, 0.3) is 33.4 Å². The Labute approximate surface area is 204 Å². The van der Waals surface area contributed by atoms with E-state index in [4.69, 9.17) is 0 Å². The van der Waals surface area contributed by atoms with Gasteiger partial charge in [-0.2, -0.15) is 32.0 Å². The van der Waals surface area contributed by atoms with Crippen molar-refractivity contribution in [2.75, 3.05) is 5.32 Å². The highest BCUT2D eigenvalue weighted by Crippen LogP contribution is 2.31. The van der Waals surface area contributed by atoms with Crippen LogP contribution in [-0.4, -0.2) is 37.0 Å². The number of carbonyl (C=O) groups excluding carboxylic acids is 1. The van der Waals surface area contributed by atoms with Gasteiger partial charge in [0.15, 0.2) is 0 Å². The molecule has 0 aliphatic carbocycles. The number of para-hydroxylation sites is 1. The summed E-state index contributed by atoms with van der Waals surface area (Å²) in [5, 5.41) is 10.7. The quantitative estimate of drug-likeness (QED) is 0.283. The van der Waals surface area contributed by atoms with E-state index in [1.54, 1.807) is 24.3 Å². The third kappa shape index (κ3) is 5.15. The van der Waals surface area contributed by atoms with E-state index in [2.05, 4.69) is 30.1 Å². The summed E-state index contributed by atoms with van der Waals surface area (Å²) in [6, 6.07) is 12.7. The highest BCUT2D eigenvalue weighted by atomic mass is 19.4. The Kier molecular flexibility index (Phi) is 6.11. The van der Waals surface area contributed by atoms with Gasteiger partial charge in [0.2, 0.25) is 5.82 Å². The third-order valence-electron chi connectivity index (χ3n) is 5.34. The Morgan fingerprint density at radius 1 is 1.05 bits per heavy atom. The number of aromatic nitrogens is 5. The second-order valence-electron chi connectivity index (χ2n) is 7.89. The minimum absolute atomic E-state index is 0.0356. The molecular weight excluding hydrogens is 499 g/mol. The number of halogens is 5. The first kappa shape index (κ1) is 24.0. The van der Waals surface area contributed by atoms with Gasteiger partial charge < -0.3 is 9.84 Å². The molecule has 37 heavy (non-hydrogen) atoms. The summed E-state index contributed by atoms with van der Waals surface area (Å²) in [6.45, 7) is -1.21. The number of hydrogen-bond acceptors (Lipinski definition) is 6. The molecule has 3 heterocycles. The van der Waals surface area contributed by atoms with Gasteiger partial charge in [-0.15, -0.1) is 0 Å². The van der Waals surface area contributed by atoms with Crippen molar-refractivity contribution in [3.05, 3.63) is 78.6 Å². The lowest BCUT2D eigenvalue weighted by Gasteiger charge is -2.11. The minimum atomic E-state index is -4.40. The average Bonchev–Trinajstić information content (AvgIpc) is 3.53. The Hall–Kier alpha value is -4.68. The summed E-state index contributed by atoms with van der Waals surface area (Å²) < 4.78 is 68.8. The number of nitrogens with zero attached hydrogens (tertiary/aromatic N) is 5. The maximum Gasteiger partial charge on any atom is 0.408 e. The van der Waals surface area contributed by atoms with Gasteiger partial charge in [0.05, 0.1) is 17.4 Å². The number of anilines is 1. The summed E-state index contributed by atoms with van der Waals surface area (Å²) in [7, 11) is 0. The molecule has 3 aromatic heterocycles. The molecule has 0 unspecified atom stereocenters. The highest BCUT2D eigenvalue weighted by Gasteiger charge is 2.28. The second kappa shape index (κ2) is 9.41. The molecule has 0 atom stereocenters. The molecule has 0 bridgehead atoms. The predicted octanol–water partition coefficient (Wildman–Crippen LogP) is 5.90. The van der Waals surface area contributed by atoms with Gasteiger partial charge in [-0.25, -0.2) is 0 Å². The standard InChI is InChI=1S/C24H15F5N6O2/c25-20(26)23-33-21(34-37-23)13-4-6-14(7-5-13)22(36)32-18-3-1-2-17-16(8-9-30-19(17)18)15-10-31-35(11-15)12-24(27,28)29/h1-11,20H,12H2,(H,32,36). The van der Waals surface area contributed by atoms with Crippen LogP contribution in [0.5, 0.6) is 0 Å². The molecule has 13 heteroatoms. The summed E-state index contributed by atoms with van der Waals surface area (Å²) in [5.74, 6) is -1.30. The van der Waals surface area contributed by atoms with Crippen molar-refractivity contribution in [1.82, 2.24) is 24.9 Å². The number of amides is 1. The fourth-order valence-corrected chi connectivity index (χ4v) is 3.71. The molecule has 5 aromatic rings. The number of rotatable bonds is 6. The number of benzene rings is 2. The molecule has 0 aliphatic rings. The highest BCUT2D eigenvalue weighted by molar-refractivity contribution is 6.10. The van der Waals surface area contributed by atoms with Crippen LogP contribution in [0.1, 0.15) is 22.7 Å². The van der Waals surface area contributed by atoms with E-state index in [1.165, 1.54) is 42.9 Å². The lowest BCUT2D eigenvalue weighted by Crippen LogP contribution is -2.17. The smallest absolute Gasteiger partial charge is 0.333 e. The molecule has 0 saturated carbocycles. The molecular formula is C24H15F5N6O2. The van der Waals surface area contributed by atoms with Gasteiger partial charge in [-0.1, -0.05) is 29.4 Å².